The molecule has 0 bridgehead atoms. The minimum absolute atomic E-state index is 0.000973. The number of hydrogen-bond donors (Lipinski definition) is 2. The number of rotatable bonds is 5. The van der Waals surface area contributed by atoms with Crippen molar-refractivity contribution in [3.8, 4) is 5.75 Å². The molecule has 2 fully saturated rings. The predicted molar refractivity (Wildman–Crippen MR) is 157 cm³/mol. The zero-order chi connectivity index (χ0) is 33.9. The fourth-order valence-corrected chi connectivity index (χ4v) is 7.99. The molecule has 7 rings (SSSR count). The van der Waals surface area contributed by atoms with Gasteiger partial charge >= 0.3 is 10.2 Å². The van der Waals surface area contributed by atoms with Gasteiger partial charge < -0.3 is 19.9 Å². The smallest absolute Gasteiger partial charge is 0.310 e. The van der Waals surface area contributed by atoms with Crippen LogP contribution in [-0.4, -0.2) is 64.0 Å². The normalized spacial score (nSPS) is 21.2. The van der Waals surface area contributed by atoms with Crippen molar-refractivity contribution >= 4 is 49.4 Å². The number of piperidine rings is 1. The highest BCUT2D eigenvalue weighted by atomic mass is 79.9. The molecule has 0 unspecified atom stereocenters. The molecule has 2 N–H and O–H groups in total. The Morgan fingerprint density at radius 3 is 2.51 bits per heavy atom. The number of aryl methyl sites for hydroxylation is 1. The van der Waals surface area contributed by atoms with Gasteiger partial charge in [-0.05, 0) is 66.2 Å². The number of nitrogens with zero attached hydrogens (tertiary/aromatic N) is 7. The Labute approximate surface area is 268 Å². The lowest BCUT2D eigenvalue weighted by molar-refractivity contribution is -0.116. The second-order valence-corrected chi connectivity index (χ2v) is 15.1. The summed E-state index contributed by atoms with van der Waals surface area (Å²) in [6.45, 7) is 1.45. The molecule has 20 heteroatoms. The molecule has 47 heavy (non-hydrogen) atoms. The number of anilines is 1. The standard InChI is InChI=1S/C27H23BrF6N8O4S/c1-12-22(44)20(36-11-35-12)24(46)40-6-4-27(5-7-40)15-9-14(15)21-19(27)23(45)42-26(38-25(28)39-42)41(21)10-18(43)37-17-3-2-13(8-16(17)29)47(30,31,32,33)34/h2-3,8,11,14-15,44H,4-7,9-10H2,1H3,(H,37,43)/t14-,15+/m0/s1. The number of aromatic hydroxyl groups is 1. The van der Waals surface area contributed by atoms with E-state index in [1.807, 2.05) is 0 Å². The molecule has 1 aliphatic heterocycles. The topological polar surface area (TPSA) is 148 Å². The average molecular weight is 749 g/mol. The summed E-state index contributed by atoms with van der Waals surface area (Å²) >= 11 is 3.14. The molecule has 2 amide bonds. The molecule has 1 aromatic carbocycles. The Hall–Kier alpha value is -4.20. The van der Waals surface area contributed by atoms with Gasteiger partial charge in [0.25, 0.3) is 11.5 Å². The van der Waals surface area contributed by atoms with Crippen LogP contribution >= 0.6 is 26.2 Å². The molecule has 4 aromatic rings. The number of aromatic nitrogens is 6. The summed E-state index contributed by atoms with van der Waals surface area (Å²) < 4.78 is 82.8. The maximum Gasteiger partial charge on any atom is 0.310 e. The zero-order valence-electron chi connectivity index (χ0n) is 24.1. The number of carbonyl (C=O) groups is 2. The lowest BCUT2D eigenvalue weighted by Gasteiger charge is -2.41. The Kier molecular flexibility index (Phi) is 6.32. The van der Waals surface area contributed by atoms with Crippen LogP contribution in [0.15, 0.2) is 39.0 Å². The van der Waals surface area contributed by atoms with Crippen molar-refractivity contribution < 1.29 is 38.5 Å². The van der Waals surface area contributed by atoms with Gasteiger partial charge in [-0.3, -0.25) is 14.4 Å². The highest BCUT2D eigenvalue weighted by molar-refractivity contribution is 9.10. The SMILES string of the molecule is Cc1ncnc(C(=O)N2CCC3(CC2)c2c(n(CC(=O)Nc4ccc(S(F)(F)(F)(F)F)cc4F)c4nc(Br)nn4c2=O)[C@H]2C[C@H]23)c1O. The van der Waals surface area contributed by atoms with Gasteiger partial charge in [0.05, 0.1) is 11.4 Å². The van der Waals surface area contributed by atoms with Gasteiger partial charge in [-0.25, -0.2) is 14.4 Å². The van der Waals surface area contributed by atoms with Crippen LogP contribution in [0.3, 0.4) is 0 Å². The van der Waals surface area contributed by atoms with Crippen molar-refractivity contribution in [2.75, 3.05) is 18.4 Å². The highest BCUT2D eigenvalue weighted by Crippen LogP contribution is 3.02. The summed E-state index contributed by atoms with van der Waals surface area (Å²) in [5, 5.41) is 16.6. The summed E-state index contributed by atoms with van der Waals surface area (Å²) in [4.78, 5) is 51.5. The van der Waals surface area contributed by atoms with E-state index in [0.29, 0.717) is 36.6 Å². The number of carbonyl (C=O) groups excluding carboxylic acids is 2. The first kappa shape index (κ1) is 31.4. The number of hydrogen-bond acceptors (Lipinski definition) is 8. The quantitative estimate of drug-likeness (QED) is 0.266. The molecule has 1 spiro atoms. The minimum atomic E-state index is -10.2. The molecule has 4 heterocycles. The number of fused-ring (bicyclic) bond motifs is 6. The Morgan fingerprint density at radius 1 is 1.15 bits per heavy atom. The molecule has 12 nitrogen and oxygen atoms in total. The van der Waals surface area contributed by atoms with E-state index in [4.69, 9.17) is 0 Å². The maximum atomic E-state index is 14.5. The molecule has 0 radical (unpaired) electrons. The molecule has 1 saturated heterocycles. The van der Waals surface area contributed by atoms with Crippen LogP contribution in [0.4, 0.5) is 29.5 Å². The van der Waals surface area contributed by atoms with Crippen molar-refractivity contribution in [2.45, 2.75) is 49.0 Å². The van der Waals surface area contributed by atoms with E-state index in [9.17, 15) is 43.3 Å². The average Bonchev–Trinajstić information content (AvgIpc) is 3.61. The first-order chi connectivity index (χ1) is 21.8. The van der Waals surface area contributed by atoms with Gasteiger partial charge in [0.2, 0.25) is 16.4 Å². The van der Waals surface area contributed by atoms with Gasteiger partial charge in [-0.2, -0.15) is 9.50 Å². The molecular formula is C27H23BrF6N8O4S. The fraction of sp³-hybridized carbons (Fsp3) is 0.370. The highest BCUT2D eigenvalue weighted by Gasteiger charge is 2.66. The molecule has 3 aliphatic rings. The molecule has 3 aromatic heterocycles. The number of nitrogens with one attached hydrogen (secondary N) is 1. The maximum absolute atomic E-state index is 14.5. The van der Waals surface area contributed by atoms with E-state index in [-0.39, 0.29) is 64.7 Å². The second-order valence-electron chi connectivity index (χ2n) is 12.0. The number of halogens is 7. The van der Waals surface area contributed by atoms with Crippen molar-refractivity contribution in [3.05, 3.63) is 68.1 Å². The molecule has 2 atom stereocenters. The minimum Gasteiger partial charge on any atom is -0.504 e. The van der Waals surface area contributed by atoms with Crippen molar-refractivity contribution in [2.24, 2.45) is 5.92 Å². The number of amides is 2. The Bertz CT molecular complexity index is 2120. The number of benzene rings is 1. The first-order valence-electron chi connectivity index (χ1n) is 14.1. The third-order valence-corrected chi connectivity index (χ3v) is 10.7. The Morgan fingerprint density at radius 2 is 1.85 bits per heavy atom. The zero-order valence-corrected chi connectivity index (χ0v) is 26.5. The van der Waals surface area contributed by atoms with Crippen LogP contribution in [-0.2, 0) is 16.8 Å². The van der Waals surface area contributed by atoms with Gasteiger partial charge in [0.15, 0.2) is 11.4 Å². The predicted octanol–water partition coefficient (Wildman–Crippen LogP) is 5.18. The van der Waals surface area contributed by atoms with Crippen molar-refractivity contribution in [1.82, 2.24) is 34.0 Å². The summed E-state index contributed by atoms with van der Waals surface area (Å²) in [5.41, 5.74) is -0.863. The lowest BCUT2D eigenvalue weighted by atomic mass is 9.71. The van der Waals surface area contributed by atoms with Crippen LogP contribution in [0, 0.1) is 18.7 Å². The van der Waals surface area contributed by atoms with Crippen LogP contribution in [0.25, 0.3) is 5.78 Å². The van der Waals surface area contributed by atoms with Gasteiger partial charge in [-0.1, -0.05) is 19.4 Å². The second kappa shape index (κ2) is 9.45. The third-order valence-electron chi connectivity index (χ3n) is 9.22. The molecule has 2 aliphatic carbocycles. The van der Waals surface area contributed by atoms with E-state index < -0.39 is 56.0 Å². The van der Waals surface area contributed by atoms with E-state index in [2.05, 4.69) is 41.3 Å². The van der Waals surface area contributed by atoms with Crippen LogP contribution in [0.2, 0.25) is 0 Å². The first-order valence-corrected chi connectivity index (χ1v) is 16.9. The van der Waals surface area contributed by atoms with E-state index >= 15 is 0 Å². The summed E-state index contributed by atoms with van der Waals surface area (Å²) in [6.07, 6.45) is 2.61. The van der Waals surface area contributed by atoms with Crippen LogP contribution in [0.1, 0.15) is 52.6 Å². The van der Waals surface area contributed by atoms with Gasteiger partial charge in [0, 0.05) is 35.7 Å². The van der Waals surface area contributed by atoms with Crippen LogP contribution in [0.5, 0.6) is 5.75 Å². The van der Waals surface area contributed by atoms with E-state index in [1.165, 1.54) is 15.8 Å². The summed E-state index contributed by atoms with van der Waals surface area (Å²) in [5.74, 6) is -3.61. The van der Waals surface area contributed by atoms with Crippen LogP contribution < -0.4 is 10.9 Å². The monoisotopic (exact) mass is 748 g/mol. The Balaban J connectivity index is 1.21. The van der Waals surface area contributed by atoms with Gasteiger partial charge in [-0.15, -0.1) is 5.10 Å². The molecular weight excluding hydrogens is 726 g/mol. The molecule has 1 saturated carbocycles. The van der Waals surface area contributed by atoms with Gasteiger partial charge in [0.1, 0.15) is 23.6 Å². The summed E-state index contributed by atoms with van der Waals surface area (Å²) in [6, 6.07) is 0.0299. The van der Waals surface area contributed by atoms with Crippen molar-refractivity contribution in [3.63, 3.8) is 0 Å². The van der Waals surface area contributed by atoms with Crippen molar-refractivity contribution in [1.29, 1.82) is 0 Å². The molecule has 250 valence electrons. The van der Waals surface area contributed by atoms with E-state index in [0.717, 1.165) is 4.52 Å². The van der Waals surface area contributed by atoms with E-state index in [1.54, 1.807) is 6.92 Å². The number of likely N-dealkylation sites (tertiary alicyclic amines) is 1. The largest absolute Gasteiger partial charge is 0.504 e. The lowest BCUT2D eigenvalue weighted by Crippen LogP contribution is -2.48. The fourth-order valence-electron chi connectivity index (χ4n) is 7.02. The third kappa shape index (κ3) is 5.02. The summed E-state index contributed by atoms with van der Waals surface area (Å²) in [7, 11) is -10.2.